The molecule has 1 aromatic carbocycles. The van der Waals surface area contributed by atoms with Gasteiger partial charge >= 0.3 is 5.97 Å². The molecule has 5 nitrogen and oxygen atoms in total. The lowest BCUT2D eigenvalue weighted by Crippen LogP contribution is -1.99. The number of nitrogens with zero attached hydrogens (tertiary/aromatic N) is 2. The number of nitrogen functional groups attached to an aromatic ring is 1. The summed E-state index contributed by atoms with van der Waals surface area (Å²) >= 11 is 3.10. The average Bonchev–Trinajstić information content (AvgIpc) is 3.06. The molecule has 1 aliphatic rings. The van der Waals surface area contributed by atoms with Crippen LogP contribution in [0.25, 0.3) is 10.9 Å². The Balaban J connectivity index is 0.000000160. The first-order chi connectivity index (χ1) is 12.0. The number of fused-ring (bicyclic) bond motifs is 2. The summed E-state index contributed by atoms with van der Waals surface area (Å²) in [6.07, 6.45) is 6.21. The normalized spacial score (nSPS) is 12.4. The highest BCUT2D eigenvalue weighted by molar-refractivity contribution is 9.10. The molecule has 3 aromatic rings. The fraction of sp³-hybridized carbons (Fsp3) is 0.211. The van der Waals surface area contributed by atoms with E-state index in [4.69, 9.17) is 15.8 Å². The molecule has 4 rings (SSSR count). The summed E-state index contributed by atoms with van der Waals surface area (Å²) in [6.45, 7) is 2.09. The molecule has 3 N–H and O–H groups in total. The van der Waals surface area contributed by atoms with Gasteiger partial charge in [-0.1, -0.05) is 18.2 Å². The van der Waals surface area contributed by atoms with Crippen molar-refractivity contribution in [2.45, 2.75) is 26.2 Å². The molecule has 2 heterocycles. The van der Waals surface area contributed by atoms with Crippen LogP contribution < -0.4 is 5.73 Å². The minimum absolute atomic E-state index is 0.189. The molecular formula is C19H18BrN3O2. The average molecular weight is 400 g/mol. The summed E-state index contributed by atoms with van der Waals surface area (Å²) in [5.74, 6) is -0.964. The number of carboxylic acid groups (broad SMARTS) is 1. The van der Waals surface area contributed by atoms with Crippen LogP contribution in [0.15, 0.2) is 41.1 Å². The number of aryl methyl sites for hydroxylation is 2. The minimum Gasteiger partial charge on any atom is -0.478 e. The summed E-state index contributed by atoms with van der Waals surface area (Å²) in [5.41, 5.74) is 12.1. The highest BCUT2D eigenvalue weighted by Crippen LogP contribution is 2.32. The van der Waals surface area contributed by atoms with Gasteiger partial charge in [-0.05, 0) is 59.3 Å². The molecule has 0 spiro atoms. The van der Waals surface area contributed by atoms with Gasteiger partial charge in [0.15, 0.2) is 0 Å². The Hall–Kier alpha value is -2.47. The lowest BCUT2D eigenvalue weighted by molar-refractivity contribution is 0.0696. The third-order valence-electron chi connectivity index (χ3n) is 4.24. The van der Waals surface area contributed by atoms with E-state index < -0.39 is 5.97 Å². The number of benzene rings is 1. The van der Waals surface area contributed by atoms with Crippen LogP contribution >= 0.6 is 15.9 Å². The maximum Gasteiger partial charge on any atom is 0.337 e. The summed E-state index contributed by atoms with van der Waals surface area (Å²) in [7, 11) is 0. The minimum atomic E-state index is -0.964. The van der Waals surface area contributed by atoms with Gasteiger partial charge in [-0.2, -0.15) is 0 Å². The summed E-state index contributed by atoms with van der Waals surface area (Å²) < 4.78 is 0.674. The van der Waals surface area contributed by atoms with E-state index in [0.29, 0.717) is 4.47 Å². The standard InChI is InChI=1S/C13H14N2.C6H4BrNO2/c1-8-4-2-6-10-12(14)9-5-3-7-11(9)15-13(8)10;7-5-1-4(6(9)10)2-8-3-5/h2,4,6H,3,5,7H2,1H3,(H2,14,15);1-3H,(H,9,10). The molecule has 0 bridgehead atoms. The van der Waals surface area contributed by atoms with Crippen LogP contribution in [0.5, 0.6) is 0 Å². The second kappa shape index (κ2) is 7.19. The maximum atomic E-state index is 10.3. The number of anilines is 1. The molecule has 2 aromatic heterocycles. The number of aromatic nitrogens is 2. The molecule has 0 saturated carbocycles. The first-order valence-corrected chi connectivity index (χ1v) is 8.77. The van der Waals surface area contributed by atoms with Crippen molar-refractivity contribution in [2.75, 3.05) is 5.73 Å². The molecule has 0 unspecified atom stereocenters. The Morgan fingerprint density at radius 1 is 1.28 bits per heavy atom. The molecular weight excluding hydrogens is 382 g/mol. The number of carbonyl (C=O) groups is 1. The fourth-order valence-electron chi connectivity index (χ4n) is 2.99. The molecule has 0 aliphatic heterocycles. The SMILES string of the molecule is Cc1cccc2c(N)c3c(nc12)CCC3.O=C(O)c1cncc(Br)c1. The van der Waals surface area contributed by atoms with Crippen LogP contribution in [0.3, 0.4) is 0 Å². The molecule has 0 radical (unpaired) electrons. The third-order valence-corrected chi connectivity index (χ3v) is 4.67. The van der Waals surface area contributed by atoms with E-state index in [-0.39, 0.29) is 5.56 Å². The highest BCUT2D eigenvalue weighted by Gasteiger charge is 2.18. The Kier molecular flexibility index (Phi) is 4.99. The first-order valence-electron chi connectivity index (χ1n) is 7.97. The van der Waals surface area contributed by atoms with Crippen molar-refractivity contribution in [2.24, 2.45) is 0 Å². The molecule has 0 saturated heterocycles. The first kappa shape index (κ1) is 17.4. The number of pyridine rings is 2. The predicted molar refractivity (Wildman–Crippen MR) is 102 cm³/mol. The quantitative estimate of drug-likeness (QED) is 0.641. The van der Waals surface area contributed by atoms with E-state index in [2.05, 4.69) is 46.0 Å². The Morgan fingerprint density at radius 3 is 2.76 bits per heavy atom. The number of hydrogen-bond donors (Lipinski definition) is 2. The van der Waals surface area contributed by atoms with Crippen molar-refractivity contribution in [3.05, 3.63) is 63.5 Å². The Bertz CT molecular complexity index is 957. The maximum absolute atomic E-state index is 10.3. The summed E-state index contributed by atoms with van der Waals surface area (Å²) in [6, 6.07) is 7.71. The van der Waals surface area contributed by atoms with Gasteiger partial charge in [0.1, 0.15) is 0 Å². The van der Waals surface area contributed by atoms with Crippen molar-refractivity contribution in [3.63, 3.8) is 0 Å². The number of nitrogens with two attached hydrogens (primary N) is 1. The summed E-state index contributed by atoms with van der Waals surface area (Å²) in [4.78, 5) is 18.7. The van der Waals surface area contributed by atoms with E-state index in [1.807, 2.05) is 0 Å². The van der Waals surface area contributed by atoms with Crippen molar-refractivity contribution >= 4 is 38.5 Å². The zero-order valence-electron chi connectivity index (χ0n) is 13.8. The smallest absolute Gasteiger partial charge is 0.337 e. The van der Waals surface area contributed by atoms with Gasteiger partial charge < -0.3 is 10.8 Å². The fourth-order valence-corrected chi connectivity index (χ4v) is 3.36. The lowest BCUT2D eigenvalue weighted by atomic mass is 10.0. The van der Waals surface area contributed by atoms with Crippen LogP contribution in [0, 0.1) is 6.92 Å². The van der Waals surface area contributed by atoms with E-state index in [9.17, 15) is 4.79 Å². The molecule has 0 amide bonds. The van der Waals surface area contributed by atoms with Gasteiger partial charge in [0.05, 0.1) is 11.1 Å². The number of rotatable bonds is 1. The molecule has 6 heteroatoms. The van der Waals surface area contributed by atoms with Crippen LogP contribution in [-0.2, 0) is 12.8 Å². The van der Waals surface area contributed by atoms with E-state index in [0.717, 1.165) is 29.4 Å². The Morgan fingerprint density at radius 2 is 2.08 bits per heavy atom. The largest absolute Gasteiger partial charge is 0.478 e. The zero-order valence-corrected chi connectivity index (χ0v) is 15.4. The molecule has 25 heavy (non-hydrogen) atoms. The second-order valence-corrected chi connectivity index (χ2v) is 6.89. The van der Waals surface area contributed by atoms with Gasteiger partial charge in [0, 0.05) is 33.6 Å². The number of halogens is 1. The summed E-state index contributed by atoms with van der Waals surface area (Å²) in [5, 5.41) is 9.57. The van der Waals surface area contributed by atoms with Crippen LogP contribution in [0.2, 0.25) is 0 Å². The van der Waals surface area contributed by atoms with Crippen molar-refractivity contribution in [3.8, 4) is 0 Å². The van der Waals surface area contributed by atoms with Gasteiger partial charge in [0.2, 0.25) is 0 Å². The van der Waals surface area contributed by atoms with Gasteiger partial charge in [0.25, 0.3) is 0 Å². The van der Waals surface area contributed by atoms with E-state index >= 15 is 0 Å². The molecule has 128 valence electrons. The Labute approximate surface area is 154 Å². The van der Waals surface area contributed by atoms with Crippen LogP contribution in [-0.4, -0.2) is 21.0 Å². The zero-order chi connectivity index (χ0) is 18.0. The number of carboxylic acids is 1. The number of para-hydroxylation sites is 1. The molecule has 0 atom stereocenters. The van der Waals surface area contributed by atoms with Gasteiger partial charge in [-0.3, -0.25) is 9.97 Å². The van der Waals surface area contributed by atoms with Gasteiger partial charge in [-0.15, -0.1) is 0 Å². The van der Waals surface area contributed by atoms with Crippen LogP contribution in [0.4, 0.5) is 5.69 Å². The van der Waals surface area contributed by atoms with Crippen molar-refractivity contribution in [1.82, 2.24) is 9.97 Å². The topological polar surface area (TPSA) is 89.1 Å². The highest BCUT2D eigenvalue weighted by atomic mass is 79.9. The predicted octanol–water partition coefficient (Wildman–Crippen LogP) is 4.16. The van der Waals surface area contributed by atoms with E-state index in [1.165, 1.54) is 41.7 Å². The van der Waals surface area contributed by atoms with Crippen molar-refractivity contribution in [1.29, 1.82) is 0 Å². The van der Waals surface area contributed by atoms with Gasteiger partial charge in [-0.25, -0.2) is 4.79 Å². The monoisotopic (exact) mass is 399 g/mol. The molecule has 1 aliphatic carbocycles. The third kappa shape index (κ3) is 3.64. The number of hydrogen-bond acceptors (Lipinski definition) is 4. The number of aromatic carboxylic acids is 1. The van der Waals surface area contributed by atoms with Crippen LogP contribution in [0.1, 0.15) is 33.6 Å². The van der Waals surface area contributed by atoms with Crippen molar-refractivity contribution < 1.29 is 9.90 Å². The lowest BCUT2D eigenvalue weighted by Gasteiger charge is -2.09. The van der Waals surface area contributed by atoms with E-state index in [1.54, 1.807) is 0 Å². The molecule has 0 fully saturated rings. The second-order valence-electron chi connectivity index (χ2n) is 5.97.